The predicted molar refractivity (Wildman–Crippen MR) is 113 cm³/mol. The van der Waals surface area contributed by atoms with Crippen LogP contribution in [0.5, 0.6) is 0 Å². The summed E-state index contributed by atoms with van der Waals surface area (Å²) in [6.45, 7) is 1.73. The number of aromatic nitrogens is 2. The van der Waals surface area contributed by atoms with Crippen LogP contribution in [0.4, 0.5) is 0 Å². The third kappa shape index (κ3) is 5.16. The summed E-state index contributed by atoms with van der Waals surface area (Å²) < 4.78 is 6.22. The summed E-state index contributed by atoms with van der Waals surface area (Å²) in [5.74, 6) is -0.890. The van der Waals surface area contributed by atoms with E-state index in [4.69, 9.17) is 16.3 Å². The van der Waals surface area contributed by atoms with Crippen LogP contribution in [0, 0.1) is 0 Å². The number of nitrogens with one attached hydrogen (secondary N) is 1. The van der Waals surface area contributed by atoms with Crippen molar-refractivity contribution in [3.8, 4) is 5.69 Å². The van der Waals surface area contributed by atoms with E-state index in [1.807, 2.05) is 0 Å². The third-order valence-corrected chi connectivity index (χ3v) is 5.09. The maximum Gasteiger partial charge on any atom is 0.325 e. The number of esters is 1. The fourth-order valence-electron chi connectivity index (χ4n) is 2.59. The number of amides is 1. The Labute approximate surface area is 176 Å². The van der Waals surface area contributed by atoms with Crippen LogP contribution >= 0.6 is 23.4 Å². The van der Waals surface area contributed by atoms with E-state index in [1.165, 1.54) is 4.57 Å². The minimum Gasteiger partial charge on any atom is -0.465 e. The molecule has 1 N–H and O–H groups in total. The van der Waals surface area contributed by atoms with Gasteiger partial charge in [-0.1, -0.05) is 35.5 Å². The zero-order chi connectivity index (χ0) is 20.8. The summed E-state index contributed by atoms with van der Waals surface area (Å²) in [4.78, 5) is 41.1. The Morgan fingerprint density at radius 2 is 1.90 bits per heavy atom. The molecule has 0 spiro atoms. The van der Waals surface area contributed by atoms with Gasteiger partial charge in [-0.3, -0.25) is 19.0 Å². The van der Waals surface area contributed by atoms with Gasteiger partial charge < -0.3 is 10.1 Å². The molecule has 1 amide bonds. The lowest BCUT2D eigenvalue weighted by Crippen LogP contribution is -2.32. The average molecular weight is 432 g/mol. The number of hydrogen-bond acceptors (Lipinski definition) is 6. The van der Waals surface area contributed by atoms with Crippen molar-refractivity contribution in [2.24, 2.45) is 0 Å². The van der Waals surface area contributed by atoms with Gasteiger partial charge >= 0.3 is 5.97 Å². The SMILES string of the molecule is CCOC(=O)CNC(=O)CSc1nc2ccccc2c(=O)n1-c1ccc(Cl)cc1. The summed E-state index contributed by atoms with van der Waals surface area (Å²) in [5, 5.41) is 3.87. The fraction of sp³-hybridized carbons (Fsp3) is 0.200. The Kier molecular flexibility index (Phi) is 6.90. The topological polar surface area (TPSA) is 90.3 Å². The molecule has 150 valence electrons. The normalized spacial score (nSPS) is 10.7. The smallest absolute Gasteiger partial charge is 0.325 e. The number of ether oxygens (including phenoxy) is 1. The minimum absolute atomic E-state index is 0.0161. The van der Waals surface area contributed by atoms with Crippen molar-refractivity contribution in [1.29, 1.82) is 0 Å². The van der Waals surface area contributed by atoms with Gasteiger partial charge in [0.15, 0.2) is 5.16 Å². The number of thioether (sulfide) groups is 1. The van der Waals surface area contributed by atoms with Gasteiger partial charge in [-0.05, 0) is 43.3 Å². The lowest BCUT2D eigenvalue weighted by Gasteiger charge is -2.13. The first kappa shape index (κ1) is 20.9. The Morgan fingerprint density at radius 3 is 2.62 bits per heavy atom. The van der Waals surface area contributed by atoms with E-state index in [2.05, 4.69) is 10.3 Å². The second-order valence-corrected chi connectivity index (χ2v) is 7.28. The molecular weight excluding hydrogens is 414 g/mol. The second kappa shape index (κ2) is 9.58. The number of benzene rings is 2. The van der Waals surface area contributed by atoms with Crippen molar-refractivity contribution < 1.29 is 14.3 Å². The van der Waals surface area contributed by atoms with Gasteiger partial charge in [0, 0.05) is 5.02 Å². The number of hydrogen-bond donors (Lipinski definition) is 1. The van der Waals surface area contributed by atoms with E-state index >= 15 is 0 Å². The molecule has 2 aromatic carbocycles. The number of rotatable bonds is 7. The zero-order valence-electron chi connectivity index (χ0n) is 15.6. The number of carbonyl (C=O) groups excluding carboxylic acids is 2. The Bertz CT molecular complexity index is 1100. The van der Waals surface area contributed by atoms with Crippen molar-refractivity contribution in [1.82, 2.24) is 14.9 Å². The van der Waals surface area contributed by atoms with Gasteiger partial charge in [-0.2, -0.15) is 0 Å². The number of carbonyl (C=O) groups is 2. The Hall–Kier alpha value is -2.84. The van der Waals surface area contributed by atoms with Gasteiger partial charge in [-0.15, -0.1) is 0 Å². The molecule has 3 aromatic rings. The highest BCUT2D eigenvalue weighted by Crippen LogP contribution is 2.22. The highest BCUT2D eigenvalue weighted by Gasteiger charge is 2.15. The number of nitrogens with zero attached hydrogens (tertiary/aromatic N) is 2. The molecule has 0 saturated carbocycles. The average Bonchev–Trinajstić information content (AvgIpc) is 2.72. The molecule has 0 aliphatic rings. The van der Waals surface area contributed by atoms with Crippen LogP contribution in [-0.2, 0) is 14.3 Å². The molecule has 7 nitrogen and oxygen atoms in total. The number of halogens is 1. The first-order valence-electron chi connectivity index (χ1n) is 8.82. The summed E-state index contributed by atoms with van der Waals surface area (Å²) in [6.07, 6.45) is 0. The highest BCUT2D eigenvalue weighted by molar-refractivity contribution is 7.99. The lowest BCUT2D eigenvalue weighted by atomic mass is 10.2. The van der Waals surface area contributed by atoms with Gasteiger partial charge in [0.05, 0.1) is 29.0 Å². The molecular formula is C20H18ClN3O4S. The van der Waals surface area contributed by atoms with Crippen LogP contribution in [0.3, 0.4) is 0 Å². The molecule has 1 heterocycles. The maximum atomic E-state index is 13.1. The molecule has 0 aliphatic carbocycles. The quantitative estimate of drug-likeness (QED) is 0.351. The van der Waals surface area contributed by atoms with Crippen molar-refractivity contribution in [3.05, 3.63) is 63.9 Å². The second-order valence-electron chi connectivity index (χ2n) is 5.90. The van der Waals surface area contributed by atoms with Crippen LogP contribution in [0.1, 0.15) is 6.92 Å². The minimum atomic E-state index is -0.507. The zero-order valence-corrected chi connectivity index (χ0v) is 17.1. The third-order valence-electron chi connectivity index (χ3n) is 3.90. The molecule has 0 aliphatic heterocycles. The summed E-state index contributed by atoms with van der Waals surface area (Å²) in [6, 6.07) is 13.8. The molecule has 9 heteroatoms. The standard InChI is InChI=1S/C20H18ClN3O4S/c1-2-28-18(26)11-22-17(25)12-29-20-23-16-6-4-3-5-15(16)19(27)24(20)14-9-7-13(21)8-10-14/h3-10H,2,11-12H2,1H3,(H,22,25). The monoisotopic (exact) mass is 431 g/mol. The van der Waals surface area contributed by atoms with Gasteiger partial charge in [0.1, 0.15) is 6.54 Å². The number of para-hydroxylation sites is 1. The van der Waals surface area contributed by atoms with Crippen LogP contribution in [0.15, 0.2) is 58.5 Å². The van der Waals surface area contributed by atoms with Crippen LogP contribution in [0.25, 0.3) is 16.6 Å². The summed E-state index contributed by atoms with van der Waals surface area (Å²) in [5.41, 5.74) is 0.886. The maximum absolute atomic E-state index is 13.1. The van der Waals surface area contributed by atoms with Crippen molar-refractivity contribution in [2.75, 3.05) is 18.9 Å². The summed E-state index contributed by atoms with van der Waals surface area (Å²) in [7, 11) is 0. The Morgan fingerprint density at radius 1 is 1.17 bits per heavy atom. The van der Waals surface area contributed by atoms with E-state index in [0.29, 0.717) is 26.8 Å². The van der Waals surface area contributed by atoms with E-state index in [-0.39, 0.29) is 30.4 Å². The molecule has 0 saturated heterocycles. The van der Waals surface area contributed by atoms with Gasteiger partial charge in [0.2, 0.25) is 5.91 Å². The largest absolute Gasteiger partial charge is 0.465 e. The molecule has 0 atom stereocenters. The first-order chi connectivity index (χ1) is 14.0. The highest BCUT2D eigenvalue weighted by atomic mass is 35.5. The summed E-state index contributed by atoms with van der Waals surface area (Å²) >= 11 is 7.06. The van der Waals surface area contributed by atoms with Crippen molar-refractivity contribution in [2.45, 2.75) is 12.1 Å². The molecule has 0 fully saturated rings. The van der Waals surface area contributed by atoms with E-state index < -0.39 is 5.97 Å². The van der Waals surface area contributed by atoms with Crippen molar-refractivity contribution in [3.63, 3.8) is 0 Å². The van der Waals surface area contributed by atoms with Gasteiger partial charge in [0.25, 0.3) is 5.56 Å². The lowest BCUT2D eigenvalue weighted by molar-refractivity contribution is -0.143. The fourth-order valence-corrected chi connectivity index (χ4v) is 3.56. The van der Waals surface area contributed by atoms with E-state index in [0.717, 1.165) is 11.8 Å². The van der Waals surface area contributed by atoms with E-state index in [9.17, 15) is 14.4 Å². The van der Waals surface area contributed by atoms with Crippen LogP contribution in [-0.4, -0.2) is 40.3 Å². The Balaban J connectivity index is 1.89. The number of fused-ring (bicyclic) bond motifs is 1. The van der Waals surface area contributed by atoms with Crippen LogP contribution < -0.4 is 10.9 Å². The van der Waals surface area contributed by atoms with Crippen LogP contribution in [0.2, 0.25) is 5.02 Å². The molecule has 29 heavy (non-hydrogen) atoms. The molecule has 1 aromatic heterocycles. The van der Waals surface area contributed by atoms with Crippen molar-refractivity contribution >= 4 is 46.1 Å². The first-order valence-corrected chi connectivity index (χ1v) is 10.2. The molecule has 0 bridgehead atoms. The van der Waals surface area contributed by atoms with Gasteiger partial charge in [-0.25, -0.2) is 4.98 Å². The predicted octanol–water partition coefficient (Wildman–Crippen LogP) is 2.81. The molecule has 3 rings (SSSR count). The molecule has 0 radical (unpaired) electrons. The van der Waals surface area contributed by atoms with E-state index in [1.54, 1.807) is 55.5 Å². The molecule has 0 unspecified atom stereocenters.